The fraction of sp³-hybridized carbons (Fsp3) is 0.476. The van der Waals surface area contributed by atoms with E-state index in [4.69, 9.17) is 9.73 Å². The van der Waals surface area contributed by atoms with Crippen LogP contribution >= 0.6 is 24.0 Å². The number of fused-ring (bicyclic) bond motifs is 1. The molecule has 0 aliphatic carbocycles. The van der Waals surface area contributed by atoms with Gasteiger partial charge in [0, 0.05) is 39.9 Å². The third kappa shape index (κ3) is 8.90. The normalized spacial score (nSPS) is 11.5. The summed E-state index contributed by atoms with van der Waals surface area (Å²) < 4.78 is 5.10. The van der Waals surface area contributed by atoms with E-state index in [0.717, 1.165) is 45.2 Å². The molecule has 0 heterocycles. The van der Waals surface area contributed by atoms with Crippen LogP contribution in [0, 0.1) is 0 Å². The van der Waals surface area contributed by atoms with Crippen molar-refractivity contribution < 1.29 is 4.74 Å². The molecule has 0 aromatic heterocycles. The zero-order valence-corrected chi connectivity index (χ0v) is 19.0. The lowest BCUT2D eigenvalue weighted by Crippen LogP contribution is -2.41. The van der Waals surface area contributed by atoms with E-state index in [0.29, 0.717) is 6.54 Å². The van der Waals surface area contributed by atoms with Gasteiger partial charge in [0.25, 0.3) is 0 Å². The molecular formula is C21H33IN4O. The number of guanidine groups is 1. The number of nitrogens with zero attached hydrogens (tertiary/aromatic N) is 2. The lowest BCUT2D eigenvalue weighted by Gasteiger charge is -2.18. The Labute approximate surface area is 180 Å². The second kappa shape index (κ2) is 13.7. The lowest BCUT2D eigenvalue weighted by atomic mass is 10.1. The maximum absolute atomic E-state index is 5.10. The Hall–Kier alpha value is -1.38. The first-order chi connectivity index (χ1) is 12.7. The average molecular weight is 484 g/mol. The molecule has 0 saturated heterocycles. The maximum Gasteiger partial charge on any atom is 0.191 e. The molecule has 0 amide bonds. The van der Waals surface area contributed by atoms with Crippen molar-refractivity contribution in [3.05, 3.63) is 48.0 Å². The van der Waals surface area contributed by atoms with E-state index in [2.05, 4.69) is 72.0 Å². The topological polar surface area (TPSA) is 48.9 Å². The first-order valence-electron chi connectivity index (χ1n) is 9.40. The number of nitrogens with one attached hydrogen (secondary N) is 2. The van der Waals surface area contributed by atoms with Crippen LogP contribution in [-0.4, -0.2) is 57.8 Å². The molecule has 5 nitrogen and oxygen atoms in total. The molecule has 0 aliphatic rings. The Balaban J connectivity index is 0.00000364. The summed E-state index contributed by atoms with van der Waals surface area (Å²) in [4.78, 5) is 7.02. The van der Waals surface area contributed by atoms with Gasteiger partial charge in [-0.3, -0.25) is 0 Å². The van der Waals surface area contributed by atoms with Gasteiger partial charge >= 0.3 is 0 Å². The van der Waals surface area contributed by atoms with Crippen molar-refractivity contribution in [2.24, 2.45) is 4.99 Å². The van der Waals surface area contributed by atoms with Gasteiger partial charge in [0.15, 0.2) is 5.96 Å². The standard InChI is InChI=1S/C21H32N4O.HI/c1-4-22-21(23-12-14-25(2)13-7-15-26-3)24-17-18-10-11-19-8-5-6-9-20(19)16-18;/h5-6,8-11,16H,4,7,12-15,17H2,1-3H3,(H2,22,23,24);1H. The fourth-order valence-corrected chi connectivity index (χ4v) is 2.81. The van der Waals surface area contributed by atoms with Crippen molar-refractivity contribution in [2.75, 3.05) is 46.9 Å². The number of halogens is 1. The van der Waals surface area contributed by atoms with Crippen LogP contribution in [0.5, 0.6) is 0 Å². The number of rotatable bonds is 10. The minimum absolute atomic E-state index is 0. The number of likely N-dealkylation sites (N-methyl/N-ethyl adjacent to an activating group) is 1. The summed E-state index contributed by atoms with van der Waals surface area (Å²) in [5.41, 5.74) is 1.22. The molecule has 0 fully saturated rings. The first-order valence-corrected chi connectivity index (χ1v) is 9.40. The first kappa shape index (κ1) is 23.7. The van der Waals surface area contributed by atoms with Gasteiger partial charge in [0.05, 0.1) is 6.54 Å². The predicted molar refractivity (Wildman–Crippen MR) is 126 cm³/mol. The van der Waals surface area contributed by atoms with Crippen LogP contribution in [0.3, 0.4) is 0 Å². The Morgan fingerprint density at radius 1 is 1.07 bits per heavy atom. The monoisotopic (exact) mass is 484 g/mol. The number of ether oxygens (including phenoxy) is 1. The predicted octanol–water partition coefficient (Wildman–Crippen LogP) is 3.48. The van der Waals surface area contributed by atoms with E-state index in [1.165, 1.54) is 16.3 Å². The summed E-state index contributed by atoms with van der Waals surface area (Å²) in [6.45, 7) is 7.31. The largest absolute Gasteiger partial charge is 0.385 e. The van der Waals surface area contributed by atoms with Crippen LogP contribution in [0.15, 0.2) is 47.5 Å². The van der Waals surface area contributed by atoms with Gasteiger partial charge in [-0.15, -0.1) is 24.0 Å². The molecule has 150 valence electrons. The Bertz CT molecular complexity index is 693. The number of methoxy groups -OCH3 is 1. The summed E-state index contributed by atoms with van der Waals surface area (Å²) in [5, 5.41) is 9.26. The summed E-state index contributed by atoms with van der Waals surface area (Å²) in [5.74, 6) is 0.867. The molecule has 0 aliphatic heterocycles. The second-order valence-electron chi connectivity index (χ2n) is 6.45. The van der Waals surface area contributed by atoms with Crippen LogP contribution in [0.2, 0.25) is 0 Å². The van der Waals surface area contributed by atoms with Crippen molar-refractivity contribution in [3.8, 4) is 0 Å². The molecule has 0 unspecified atom stereocenters. The molecule has 27 heavy (non-hydrogen) atoms. The average Bonchev–Trinajstić information content (AvgIpc) is 2.66. The number of benzene rings is 2. The molecule has 0 saturated carbocycles. The van der Waals surface area contributed by atoms with Gasteiger partial charge in [-0.1, -0.05) is 36.4 Å². The number of hydrogen-bond acceptors (Lipinski definition) is 3. The third-order valence-corrected chi connectivity index (χ3v) is 4.25. The fourth-order valence-electron chi connectivity index (χ4n) is 2.81. The molecule has 0 radical (unpaired) electrons. The minimum atomic E-state index is 0. The van der Waals surface area contributed by atoms with Crippen LogP contribution in [-0.2, 0) is 11.3 Å². The van der Waals surface area contributed by atoms with Gasteiger partial charge in [0.1, 0.15) is 0 Å². The summed E-state index contributed by atoms with van der Waals surface area (Å²) >= 11 is 0. The van der Waals surface area contributed by atoms with Crippen molar-refractivity contribution in [1.82, 2.24) is 15.5 Å². The number of hydrogen-bond donors (Lipinski definition) is 2. The van der Waals surface area contributed by atoms with Crippen LogP contribution in [0.25, 0.3) is 10.8 Å². The Kier molecular flexibility index (Phi) is 12.0. The smallest absolute Gasteiger partial charge is 0.191 e. The van der Waals surface area contributed by atoms with Gasteiger partial charge in [-0.25, -0.2) is 4.99 Å². The summed E-state index contributed by atoms with van der Waals surface area (Å²) in [6, 6.07) is 15.0. The van der Waals surface area contributed by atoms with E-state index >= 15 is 0 Å². The second-order valence-corrected chi connectivity index (χ2v) is 6.45. The maximum atomic E-state index is 5.10. The molecular weight excluding hydrogens is 451 g/mol. The SMILES string of the molecule is CCNC(=NCc1ccc2ccccc2c1)NCCN(C)CCCOC.I. The molecule has 2 aromatic rings. The summed E-state index contributed by atoms with van der Waals surface area (Å²) in [6.07, 6.45) is 1.06. The molecule has 0 atom stereocenters. The third-order valence-electron chi connectivity index (χ3n) is 4.25. The van der Waals surface area contributed by atoms with E-state index in [1.807, 2.05) is 0 Å². The van der Waals surface area contributed by atoms with Gasteiger partial charge in [-0.05, 0) is 42.8 Å². The van der Waals surface area contributed by atoms with Gasteiger partial charge < -0.3 is 20.3 Å². The van der Waals surface area contributed by atoms with Crippen LogP contribution < -0.4 is 10.6 Å². The zero-order chi connectivity index (χ0) is 18.6. The molecule has 2 N–H and O–H groups in total. The van der Waals surface area contributed by atoms with Crippen molar-refractivity contribution in [2.45, 2.75) is 19.9 Å². The van der Waals surface area contributed by atoms with E-state index in [-0.39, 0.29) is 24.0 Å². The number of aliphatic imine (C=N–C) groups is 1. The molecule has 2 aromatic carbocycles. The minimum Gasteiger partial charge on any atom is -0.385 e. The van der Waals surface area contributed by atoms with Gasteiger partial charge in [0.2, 0.25) is 0 Å². The van der Waals surface area contributed by atoms with E-state index < -0.39 is 0 Å². The van der Waals surface area contributed by atoms with Crippen LogP contribution in [0.4, 0.5) is 0 Å². The Morgan fingerprint density at radius 3 is 2.59 bits per heavy atom. The van der Waals surface area contributed by atoms with E-state index in [1.54, 1.807) is 7.11 Å². The highest BCUT2D eigenvalue weighted by Crippen LogP contribution is 2.16. The summed E-state index contributed by atoms with van der Waals surface area (Å²) in [7, 11) is 3.88. The molecule has 0 bridgehead atoms. The van der Waals surface area contributed by atoms with Crippen molar-refractivity contribution in [1.29, 1.82) is 0 Å². The lowest BCUT2D eigenvalue weighted by molar-refractivity contribution is 0.180. The highest BCUT2D eigenvalue weighted by molar-refractivity contribution is 14.0. The zero-order valence-electron chi connectivity index (χ0n) is 16.7. The van der Waals surface area contributed by atoms with Crippen LogP contribution in [0.1, 0.15) is 18.9 Å². The highest BCUT2D eigenvalue weighted by atomic mass is 127. The quantitative estimate of drug-likeness (QED) is 0.235. The Morgan fingerprint density at radius 2 is 1.85 bits per heavy atom. The van der Waals surface area contributed by atoms with Crippen molar-refractivity contribution in [3.63, 3.8) is 0 Å². The molecule has 0 spiro atoms. The molecule has 2 rings (SSSR count). The molecule has 6 heteroatoms. The van der Waals surface area contributed by atoms with Gasteiger partial charge in [-0.2, -0.15) is 0 Å². The van der Waals surface area contributed by atoms with E-state index in [9.17, 15) is 0 Å². The van der Waals surface area contributed by atoms with Crippen molar-refractivity contribution >= 4 is 40.7 Å². The highest BCUT2D eigenvalue weighted by Gasteiger charge is 2.01.